The first-order chi connectivity index (χ1) is 7.19. The number of hydrogen-bond donors (Lipinski definition) is 2. The van der Waals surface area contributed by atoms with Gasteiger partial charge in [-0.15, -0.1) is 30.5 Å². The highest BCUT2D eigenvalue weighted by molar-refractivity contribution is 7.80. The molecule has 0 spiro atoms. The number of thiophene rings is 1. The van der Waals surface area contributed by atoms with Crippen LogP contribution in [0.4, 0.5) is 0 Å². The van der Waals surface area contributed by atoms with Gasteiger partial charge in [0.2, 0.25) is 0 Å². The van der Waals surface area contributed by atoms with Gasteiger partial charge in [-0.1, -0.05) is 6.08 Å². The van der Waals surface area contributed by atoms with Crippen molar-refractivity contribution in [2.45, 2.75) is 4.90 Å². The van der Waals surface area contributed by atoms with Crippen molar-refractivity contribution in [3.8, 4) is 0 Å². The van der Waals surface area contributed by atoms with Crippen LogP contribution in [-0.4, -0.2) is 35.6 Å². The van der Waals surface area contributed by atoms with Gasteiger partial charge in [0.05, 0.1) is 11.5 Å². The van der Waals surface area contributed by atoms with Gasteiger partial charge in [-0.25, -0.2) is 0 Å². The van der Waals surface area contributed by atoms with Crippen LogP contribution < -0.4 is 0 Å². The lowest BCUT2D eigenvalue weighted by molar-refractivity contribution is 0.0747. The predicted molar refractivity (Wildman–Crippen MR) is 64.8 cm³/mol. The van der Waals surface area contributed by atoms with Crippen LogP contribution in [0, 0.1) is 0 Å². The van der Waals surface area contributed by atoms with Crippen molar-refractivity contribution in [1.29, 1.82) is 0 Å². The molecule has 0 aromatic carbocycles. The molecule has 82 valence electrons. The number of rotatable bonds is 5. The number of carbonyl (C=O) groups is 1. The van der Waals surface area contributed by atoms with E-state index in [2.05, 4.69) is 19.2 Å². The van der Waals surface area contributed by atoms with Crippen LogP contribution in [-0.2, 0) is 0 Å². The van der Waals surface area contributed by atoms with E-state index in [1.54, 1.807) is 22.4 Å². The van der Waals surface area contributed by atoms with Gasteiger partial charge < -0.3 is 10.0 Å². The molecule has 0 unspecified atom stereocenters. The number of aliphatic hydroxyl groups excluding tert-OH is 1. The maximum atomic E-state index is 11.9. The van der Waals surface area contributed by atoms with Crippen molar-refractivity contribution in [3.05, 3.63) is 29.0 Å². The number of aliphatic hydroxyl groups is 1. The van der Waals surface area contributed by atoms with Gasteiger partial charge in [-0.2, -0.15) is 0 Å². The lowest BCUT2D eigenvalue weighted by atomic mass is 10.3. The fraction of sp³-hybridized carbons (Fsp3) is 0.300. The average Bonchev–Trinajstić information content (AvgIpc) is 2.63. The summed E-state index contributed by atoms with van der Waals surface area (Å²) in [6, 6.07) is 1.73. The molecule has 1 N–H and O–H groups in total. The Morgan fingerprint density at radius 3 is 2.93 bits per heavy atom. The molecule has 0 aliphatic carbocycles. The lowest BCUT2D eigenvalue weighted by Crippen LogP contribution is -2.33. The van der Waals surface area contributed by atoms with E-state index in [0.29, 0.717) is 18.0 Å². The average molecular weight is 243 g/mol. The molecule has 1 amide bonds. The minimum atomic E-state index is -0.0887. The van der Waals surface area contributed by atoms with Crippen LogP contribution in [0.2, 0.25) is 0 Å². The molecule has 1 rings (SSSR count). The second kappa shape index (κ2) is 5.95. The third kappa shape index (κ3) is 3.37. The molecule has 0 aliphatic heterocycles. The van der Waals surface area contributed by atoms with Crippen molar-refractivity contribution in [3.63, 3.8) is 0 Å². The van der Waals surface area contributed by atoms with Crippen LogP contribution in [0.3, 0.4) is 0 Å². The van der Waals surface area contributed by atoms with Crippen LogP contribution in [0.15, 0.2) is 29.0 Å². The maximum Gasteiger partial charge on any atom is 0.264 e. The second-order valence-electron chi connectivity index (χ2n) is 2.93. The minimum absolute atomic E-state index is 0.0430. The molecule has 0 fully saturated rings. The molecular formula is C10H13NO2S2. The Morgan fingerprint density at radius 1 is 1.73 bits per heavy atom. The Labute approximate surface area is 98.4 Å². The monoisotopic (exact) mass is 243 g/mol. The Kier molecular flexibility index (Phi) is 4.87. The highest BCUT2D eigenvalue weighted by atomic mass is 32.1. The van der Waals surface area contributed by atoms with Gasteiger partial charge in [0, 0.05) is 23.4 Å². The quantitative estimate of drug-likeness (QED) is 0.610. The van der Waals surface area contributed by atoms with Gasteiger partial charge in [0.1, 0.15) is 0 Å². The van der Waals surface area contributed by atoms with Gasteiger partial charge in [-0.3, -0.25) is 4.79 Å². The fourth-order valence-corrected chi connectivity index (χ4v) is 2.26. The van der Waals surface area contributed by atoms with Crippen molar-refractivity contribution in [2.75, 3.05) is 19.7 Å². The molecule has 0 radical (unpaired) electrons. The Morgan fingerprint density at radius 2 is 2.47 bits per heavy atom. The highest BCUT2D eigenvalue weighted by Gasteiger charge is 2.15. The van der Waals surface area contributed by atoms with E-state index in [1.807, 2.05) is 0 Å². The number of carbonyl (C=O) groups excluding carboxylic acids is 1. The number of hydrogen-bond acceptors (Lipinski definition) is 4. The Balaban J connectivity index is 2.75. The first kappa shape index (κ1) is 12.3. The van der Waals surface area contributed by atoms with Crippen LogP contribution >= 0.6 is 24.0 Å². The van der Waals surface area contributed by atoms with Crippen LogP contribution in [0.1, 0.15) is 9.67 Å². The van der Waals surface area contributed by atoms with Crippen molar-refractivity contribution in [2.24, 2.45) is 0 Å². The first-order valence-corrected chi connectivity index (χ1v) is 5.80. The first-order valence-electron chi connectivity index (χ1n) is 4.47. The van der Waals surface area contributed by atoms with Crippen molar-refractivity contribution < 1.29 is 9.90 Å². The zero-order valence-electron chi connectivity index (χ0n) is 8.22. The fourth-order valence-electron chi connectivity index (χ4n) is 1.15. The molecule has 3 nitrogen and oxygen atoms in total. The molecule has 0 aliphatic rings. The number of thiol groups is 1. The molecular weight excluding hydrogens is 230 g/mol. The van der Waals surface area contributed by atoms with Crippen molar-refractivity contribution in [1.82, 2.24) is 4.90 Å². The molecule has 0 atom stereocenters. The van der Waals surface area contributed by atoms with Gasteiger partial charge in [0.25, 0.3) is 5.91 Å². The van der Waals surface area contributed by atoms with E-state index in [9.17, 15) is 4.79 Å². The predicted octanol–water partition coefficient (Wildman–Crippen LogP) is 1.66. The summed E-state index contributed by atoms with van der Waals surface area (Å²) in [7, 11) is 0. The van der Waals surface area contributed by atoms with Crippen molar-refractivity contribution >= 4 is 29.9 Å². The Bertz CT molecular complexity index is 349. The van der Waals surface area contributed by atoms with Crippen LogP contribution in [0.25, 0.3) is 0 Å². The topological polar surface area (TPSA) is 40.5 Å². The van der Waals surface area contributed by atoms with E-state index in [-0.39, 0.29) is 12.5 Å². The number of nitrogens with zero attached hydrogens (tertiary/aromatic N) is 1. The maximum absolute atomic E-state index is 11.9. The molecule has 5 heteroatoms. The molecule has 0 saturated carbocycles. The molecule has 1 heterocycles. The summed E-state index contributed by atoms with van der Waals surface area (Å²) in [6.45, 7) is 4.30. The molecule has 15 heavy (non-hydrogen) atoms. The lowest BCUT2D eigenvalue weighted by Gasteiger charge is -2.18. The van der Waals surface area contributed by atoms with E-state index in [1.165, 1.54) is 11.3 Å². The van der Waals surface area contributed by atoms with E-state index in [4.69, 9.17) is 5.11 Å². The summed E-state index contributed by atoms with van der Waals surface area (Å²) in [6.07, 6.45) is 1.64. The number of amides is 1. The summed E-state index contributed by atoms with van der Waals surface area (Å²) in [5.41, 5.74) is 0. The summed E-state index contributed by atoms with van der Waals surface area (Å²) >= 11 is 5.50. The highest BCUT2D eigenvalue weighted by Crippen LogP contribution is 2.19. The van der Waals surface area contributed by atoms with E-state index >= 15 is 0 Å². The van der Waals surface area contributed by atoms with E-state index in [0.717, 1.165) is 4.90 Å². The van der Waals surface area contributed by atoms with Gasteiger partial charge in [-0.05, 0) is 6.07 Å². The summed E-state index contributed by atoms with van der Waals surface area (Å²) in [5.74, 6) is -0.0887. The normalized spacial score (nSPS) is 10.0. The van der Waals surface area contributed by atoms with E-state index < -0.39 is 0 Å². The Hall–Kier alpha value is -0.780. The zero-order chi connectivity index (χ0) is 11.3. The summed E-state index contributed by atoms with van der Waals surface area (Å²) < 4.78 is 0. The minimum Gasteiger partial charge on any atom is -0.395 e. The summed E-state index contributed by atoms with van der Waals surface area (Å²) in [4.78, 5) is 14.8. The van der Waals surface area contributed by atoms with Gasteiger partial charge >= 0.3 is 0 Å². The zero-order valence-corrected chi connectivity index (χ0v) is 9.93. The third-order valence-corrected chi connectivity index (χ3v) is 3.15. The second-order valence-corrected chi connectivity index (χ2v) is 4.36. The SMILES string of the molecule is C=CCN(CCO)C(=O)c1cc(S)cs1. The van der Waals surface area contributed by atoms with Gasteiger partial charge in [0.15, 0.2) is 0 Å². The molecule has 0 bridgehead atoms. The standard InChI is InChI=1S/C10H13NO2S2/c1-2-3-11(4-5-12)10(13)9-6-8(14)7-15-9/h2,6-7,12,14H,1,3-5H2. The molecule has 1 aromatic heterocycles. The van der Waals surface area contributed by atoms with Crippen LogP contribution in [0.5, 0.6) is 0 Å². The summed E-state index contributed by atoms with van der Waals surface area (Å²) in [5, 5.41) is 10.6. The molecule has 1 aromatic rings. The largest absolute Gasteiger partial charge is 0.395 e. The smallest absolute Gasteiger partial charge is 0.264 e. The molecule has 0 saturated heterocycles. The third-order valence-electron chi connectivity index (χ3n) is 1.80.